The normalized spacial score (nSPS) is 17.5. The monoisotopic (exact) mass is 326 g/mol. The zero-order chi connectivity index (χ0) is 16.6. The molecule has 0 unspecified atom stereocenters. The Balaban J connectivity index is 1.58. The third kappa shape index (κ3) is 4.73. The Morgan fingerprint density at radius 3 is 2.79 bits per heavy atom. The highest BCUT2D eigenvalue weighted by atomic mass is 16.5. The van der Waals surface area contributed by atoms with Crippen LogP contribution in [0.25, 0.3) is 0 Å². The number of nitrogens with one attached hydrogen (secondary N) is 2. The van der Waals surface area contributed by atoms with Crippen molar-refractivity contribution in [3.8, 4) is 11.5 Å². The van der Waals surface area contributed by atoms with Crippen molar-refractivity contribution in [1.82, 2.24) is 10.6 Å². The molecular formula is C20H26N2O2. The van der Waals surface area contributed by atoms with E-state index < -0.39 is 0 Å². The van der Waals surface area contributed by atoms with E-state index in [2.05, 4.69) is 41.0 Å². The Kier molecular flexibility index (Phi) is 6.10. The first-order chi connectivity index (χ1) is 11.8. The molecule has 0 amide bonds. The molecule has 24 heavy (non-hydrogen) atoms. The summed E-state index contributed by atoms with van der Waals surface area (Å²) in [5.41, 5.74) is 2.53. The molecule has 3 rings (SSSR count). The molecule has 128 valence electrons. The number of hydrogen-bond acceptors (Lipinski definition) is 4. The van der Waals surface area contributed by atoms with Gasteiger partial charge in [0.15, 0.2) is 0 Å². The second-order valence-electron chi connectivity index (χ2n) is 6.13. The number of hydrogen-bond donors (Lipinski definition) is 2. The van der Waals surface area contributed by atoms with Gasteiger partial charge in [-0.1, -0.05) is 30.3 Å². The van der Waals surface area contributed by atoms with Crippen molar-refractivity contribution in [2.75, 3.05) is 33.4 Å². The minimum atomic E-state index is 0.380. The van der Waals surface area contributed by atoms with E-state index in [0.29, 0.717) is 12.6 Å². The lowest BCUT2D eigenvalue weighted by molar-refractivity contribution is 0.245. The Morgan fingerprint density at radius 2 is 1.96 bits per heavy atom. The van der Waals surface area contributed by atoms with Crippen LogP contribution in [0.5, 0.6) is 11.5 Å². The van der Waals surface area contributed by atoms with Gasteiger partial charge in [-0.05, 0) is 42.2 Å². The first-order valence-corrected chi connectivity index (χ1v) is 8.63. The second kappa shape index (κ2) is 8.71. The summed E-state index contributed by atoms with van der Waals surface area (Å²) < 4.78 is 11.4. The van der Waals surface area contributed by atoms with Gasteiger partial charge >= 0.3 is 0 Å². The van der Waals surface area contributed by atoms with Crippen LogP contribution >= 0.6 is 0 Å². The highest BCUT2D eigenvalue weighted by molar-refractivity contribution is 5.35. The molecule has 0 aromatic heterocycles. The van der Waals surface area contributed by atoms with Gasteiger partial charge < -0.3 is 20.1 Å². The van der Waals surface area contributed by atoms with Crippen LogP contribution in [0.4, 0.5) is 0 Å². The molecule has 1 atom stereocenters. The Hall–Kier alpha value is -2.04. The molecule has 1 aliphatic heterocycles. The van der Waals surface area contributed by atoms with Gasteiger partial charge in [0.2, 0.25) is 0 Å². The van der Waals surface area contributed by atoms with Crippen molar-refractivity contribution in [2.24, 2.45) is 0 Å². The van der Waals surface area contributed by atoms with Gasteiger partial charge in [0.1, 0.15) is 18.1 Å². The predicted molar refractivity (Wildman–Crippen MR) is 97.0 cm³/mol. The van der Waals surface area contributed by atoms with Gasteiger partial charge in [-0.2, -0.15) is 0 Å². The van der Waals surface area contributed by atoms with E-state index in [1.54, 1.807) is 7.11 Å². The standard InChI is InChI=1S/C20H26N2O2/c1-23-19-7-4-5-16(13-19)9-10-17-6-2-3-8-20(17)24-15-18-14-21-11-12-22-18/h2-8,13,18,21-22H,9-12,14-15H2,1H3/t18-/m1/s1. The molecule has 2 aromatic carbocycles. The summed E-state index contributed by atoms with van der Waals surface area (Å²) in [6.07, 6.45) is 1.93. The smallest absolute Gasteiger partial charge is 0.122 e. The molecule has 0 saturated carbocycles. The summed E-state index contributed by atoms with van der Waals surface area (Å²) in [7, 11) is 1.70. The molecular weight excluding hydrogens is 300 g/mol. The molecule has 4 nitrogen and oxygen atoms in total. The number of aryl methyl sites for hydroxylation is 2. The topological polar surface area (TPSA) is 42.5 Å². The average Bonchev–Trinajstić information content (AvgIpc) is 2.66. The van der Waals surface area contributed by atoms with Gasteiger partial charge in [0.05, 0.1) is 13.2 Å². The fourth-order valence-corrected chi connectivity index (χ4v) is 2.98. The van der Waals surface area contributed by atoms with Crippen molar-refractivity contribution in [3.05, 3.63) is 59.7 Å². The molecule has 2 N–H and O–H groups in total. The summed E-state index contributed by atoms with van der Waals surface area (Å²) in [5.74, 6) is 1.90. The van der Waals surface area contributed by atoms with E-state index in [1.165, 1.54) is 11.1 Å². The van der Waals surface area contributed by atoms with E-state index in [4.69, 9.17) is 9.47 Å². The number of ether oxygens (including phenoxy) is 2. The maximum absolute atomic E-state index is 6.08. The molecule has 1 fully saturated rings. The van der Waals surface area contributed by atoms with Crippen molar-refractivity contribution in [2.45, 2.75) is 18.9 Å². The van der Waals surface area contributed by atoms with Gasteiger partial charge in [-0.25, -0.2) is 0 Å². The van der Waals surface area contributed by atoms with E-state index in [1.807, 2.05) is 18.2 Å². The van der Waals surface area contributed by atoms with Crippen LogP contribution in [0.3, 0.4) is 0 Å². The fraction of sp³-hybridized carbons (Fsp3) is 0.400. The molecule has 0 bridgehead atoms. The van der Waals surface area contributed by atoms with Crippen LogP contribution in [0, 0.1) is 0 Å². The number of methoxy groups -OCH3 is 1. The van der Waals surface area contributed by atoms with Gasteiger partial charge in [-0.15, -0.1) is 0 Å². The summed E-state index contributed by atoms with van der Waals surface area (Å²) in [6, 6.07) is 17.0. The third-order valence-electron chi connectivity index (χ3n) is 4.36. The molecule has 0 radical (unpaired) electrons. The third-order valence-corrected chi connectivity index (χ3v) is 4.36. The maximum Gasteiger partial charge on any atom is 0.122 e. The maximum atomic E-state index is 6.08. The van der Waals surface area contributed by atoms with Crippen LogP contribution in [-0.4, -0.2) is 39.4 Å². The number of para-hydroxylation sites is 1. The number of rotatable bonds is 7. The Labute approximate surface area is 144 Å². The number of benzene rings is 2. The molecule has 4 heteroatoms. The largest absolute Gasteiger partial charge is 0.497 e. The van der Waals surface area contributed by atoms with Crippen molar-refractivity contribution < 1.29 is 9.47 Å². The highest BCUT2D eigenvalue weighted by Crippen LogP contribution is 2.21. The average molecular weight is 326 g/mol. The molecule has 0 spiro atoms. The Bertz CT molecular complexity index is 639. The lowest BCUT2D eigenvalue weighted by Gasteiger charge is -2.25. The van der Waals surface area contributed by atoms with Gasteiger partial charge in [0, 0.05) is 19.6 Å². The Morgan fingerprint density at radius 1 is 1.04 bits per heavy atom. The zero-order valence-electron chi connectivity index (χ0n) is 14.3. The first-order valence-electron chi connectivity index (χ1n) is 8.63. The second-order valence-corrected chi connectivity index (χ2v) is 6.13. The minimum Gasteiger partial charge on any atom is -0.497 e. The SMILES string of the molecule is COc1cccc(CCc2ccccc2OC[C@H]2CNCCN2)c1. The zero-order valence-corrected chi connectivity index (χ0v) is 14.3. The van der Waals surface area contributed by atoms with Crippen LogP contribution in [0.15, 0.2) is 48.5 Å². The number of piperazine rings is 1. The van der Waals surface area contributed by atoms with Crippen LogP contribution in [0.1, 0.15) is 11.1 Å². The van der Waals surface area contributed by atoms with Gasteiger partial charge in [-0.3, -0.25) is 0 Å². The molecule has 1 heterocycles. The van der Waals surface area contributed by atoms with E-state index in [-0.39, 0.29) is 0 Å². The molecule has 1 saturated heterocycles. The van der Waals surface area contributed by atoms with Gasteiger partial charge in [0.25, 0.3) is 0 Å². The van der Waals surface area contributed by atoms with Crippen LogP contribution in [0.2, 0.25) is 0 Å². The summed E-state index contributed by atoms with van der Waals surface area (Å²) in [5, 5.41) is 6.87. The van der Waals surface area contributed by atoms with Crippen molar-refractivity contribution in [3.63, 3.8) is 0 Å². The van der Waals surface area contributed by atoms with E-state index >= 15 is 0 Å². The lowest BCUT2D eigenvalue weighted by atomic mass is 10.0. The lowest BCUT2D eigenvalue weighted by Crippen LogP contribution is -2.51. The summed E-state index contributed by atoms with van der Waals surface area (Å²) in [6.45, 7) is 3.70. The predicted octanol–water partition coefficient (Wildman–Crippen LogP) is 2.42. The van der Waals surface area contributed by atoms with Crippen molar-refractivity contribution in [1.29, 1.82) is 0 Å². The van der Waals surface area contributed by atoms with E-state index in [0.717, 1.165) is 44.0 Å². The molecule has 0 aliphatic carbocycles. The fourth-order valence-electron chi connectivity index (χ4n) is 2.98. The van der Waals surface area contributed by atoms with Crippen LogP contribution in [-0.2, 0) is 12.8 Å². The van der Waals surface area contributed by atoms with Crippen molar-refractivity contribution >= 4 is 0 Å². The quantitative estimate of drug-likeness (QED) is 0.820. The summed E-state index contributed by atoms with van der Waals surface area (Å²) in [4.78, 5) is 0. The van der Waals surface area contributed by atoms with E-state index in [9.17, 15) is 0 Å². The first kappa shape index (κ1) is 16.8. The molecule has 1 aliphatic rings. The molecule has 2 aromatic rings. The highest BCUT2D eigenvalue weighted by Gasteiger charge is 2.13. The minimum absolute atomic E-state index is 0.380. The van der Waals surface area contributed by atoms with Crippen LogP contribution < -0.4 is 20.1 Å². The summed E-state index contributed by atoms with van der Waals surface area (Å²) >= 11 is 0.